The smallest absolute Gasteiger partial charge is 0.277 e. The first-order valence-electron chi connectivity index (χ1n) is 5.82. The van der Waals surface area contributed by atoms with Crippen molar-refractivity contribution in [2.45, 2.75) is 6.10 Å². The molecule has 1 unspecified atom stereocenters. The van der Waals surface area contributed by atoms with E-state index in [-0.39, 0.29) is 18.8 Å². The van der Waals surface area contributed by atoms with E-state index in [2.05, 4.69) is 5.32 Å². The number of aliphatic hydroxyl groups is 2. The number of aliphatic hydroxyl groups excluding tert-OH is 2. The molecule has 0 saturated carbocycles. The van der Waals surface area contributed by atoms with Gasteiger partial charge in [0.1, 0.15) is 0 Å². The third-order valence-corrected chi connectivity index (χ3v) is 2.84. The number of anilines is 1. The van der Waals surface area contributed by atoms with Gasteiger partial charge in [0.2, 0.25) is 0 Å². The standard InChI is InChI=1S/C13H14N2O4/c16-8-9(17)7-14-12-5-6-13(15(18)19)11-4-2-1-3-10(11)12/h1-6,9,14,16-17H,7-8H2. The van der Waals surface area contributed by atoms with Gasteiger partial charge in [-0.3, -0.25) is 10.1 Å². The molecule has 0 bridgehead atoms. The highest BCUT2D eigenvalue weighted by molar-refractivity contribution is 5.99. The fourth-order valence-corrected chi connectivity index (χ4v) is 1.89. The van der Waals surface area contributed by atoms with Crippen LogP contribution >= 0.6 is 0 Å². The van der Waals surface area contributed by atoms with E-state index >= 15 is 0 Å². The maximum Gasteiger partial charge on any atom is 0.277 e. The van der Waals surface area contributed by atoms with Crippen molar-refractivity contribution >= 4 is 22.1 Å². The van der Waals surface area contributed by atoms with E-state index in [0.29, 0.717) is 16.5 Å². The molecule has 0 aliphatic carbocycles. The molecule has 100 valence electrons. The number of nitrogens with one attached hydrogen (secondary N) is 1. The fraction of sp³-hybridized carbons (Fsp3) is 0.231. The van der Waals surface area contributed by atoms with Gasteiger partial charge in [0.05, 0.1) is 23.0 Å². The van der Waals surface area contributed by atoms with Gasteiger partial charge in [0.15, 0.2) is 0 Å². The highest BCUT2D eigenvalue weighted by Crippen LogP contribution is 2.31. The summed E-state index contributed by atoms with van der Waals surface area (Å²) in [6.45, 7) is -0.157. The van der Waals surface area contributed by atoms with E-state index in [4.69, 9.17) is 5.11 Å². The maximum absolute atomic E-state index is 11.0. The van der Waals surface area contributed by atoms with E-state index in [0.717, 1.165) is 0 Å². The molecule has 0 fully saturated rings. The number of fused-ring (bicyclic) bond motifs is 1. The van der Waals surface area contributed by atoms with Gasteiger partial charge in [0, 0.05) is 23.7 Å². The first-order chi connectivity index (χ1) is 9.13. The predicted molar refractivity (Wildman–Crippen MR) is 72.2 cm³/mol. The quantitative estimate of drug-likeness (QED) is 0.560. The molecule has 0 saturated heterocycles. The maximum atomic E-state index is 11.0. The second kappa shape index (κ2) is 5.64. The summed E-state index contributed by atoms with van der Waals surface area (Å²) in [5, 5.41) is 33.2. The zero-order valence-corrected chi connectivity index (χ0v) is 10.1. The first-order valence-corrected chi connectivity index (χ1v) is 5.82. The van der Waals surface area contributed by atoms with Crippen molar-refractivity contribution in [3.05, 3.63) is 46.5 Å². The molecule has 2 rings (SSSR count). The van der Waals surface area contributed by atoms with E-state index in [1.54, 1.807) is 30.3 Å². The Bertz CT molecular complexity index is 600. The zero-order valence-electron chi connectivity index (χ0n) is 10.1. The van der Waals surface area contributed by atoms with Gasteiger partial charge in [0.25, 0.3) is 5.69 Å². The summed E-state index contributed by atoms with van der Waals surface area (Å²) >= 11 is 0. The molecule has 0 aromatic heterocycles. The van der Waals surface area contributed by atoms with Crippen LogP contribution in [0.3, 0.4) is 0 Å². The molecule has 3 N–H and O–H groups in total. The largest absolute Gasteiger partial charge is 0.394 e. The molecule has 0 heterocycles. The SMILES string of the molecule is O=[N+]([O-])c1ccc(NCC(O)CO)c2ccccc12. The Balaban J connectivity index is 2.41. The molecule has 0 spiro atoms. The molecule has 0 amide bonds. The fourth-order valence-electron chi connectivity index (χ4n) is 1.89. The Labute approximate surface area is 109 Å². The summed E-state index contributed by atoms with van der Waals surface area (Å²) in [4.78, 5) is 10.5. The van der Waals surface area contributed by atoms with Crippen LogP contribution < -0.4 is 5.32 Å². The number of nitro benzene ring substituents is 1. The average Bonchev–Trinajstić information content (AvgIpc) is 2.43. The summed E-state index contributed by atoms with van der Waals surface area (Å²) in [7, 11) is 0. The van der Waals surface area contributed by atoms with Gasteiger partial charge in [-0.2, -0.15) is 0 Å². The van der Waals surface area contributed by atoms with Crippen molar-refractivity contribution in [3.63, 3.8) is 0 Å². The second-order valence-electron chi connectivity index (χ2n) is 4.15. The summed E-state index contributed by atoms with van der Waals surface area (Å²) in [6, 6.07) is 10.0. The highest BCUT2D eigenvalue weighted by atomic mass is 16.6. The normalized spacial score (nSPS) is 12.3. The Morgan fingerprint density at radius 3 is 2.53 bits per heavy atom. The number of hydrogen-bond acceptors (Lipinski definition) is 5. The zero-order chi connectivity index (χ0) is 13.8. The molecule has 0 aliphatic rings. The lowest BCUT2D eigenvalue weighted by Gasteiger charge is -2.12. The number of rotatable bonds is 5. The van der Waals surface area contributed by atoms with Gasteiger partial charge in [-0.25, -0.2) is 0 Å². The minimum atomic E-state index is -0.867. The average molecular weight is 262 g/mol. The van der Waals surface area contributed by atoms with Crippen molar-refractivity contribution in [2.75, 3.05) is 18.5 Å². The van der Waals surface area contributed by atoms with E-state index < -0.39 is 11.0 Å². The minimum absolute atomic E-state index is 0.0452. The Kier molecular flexibility index (Phi) is 3.94. The predicted octanol–water partition coefficient (Wildman–Crippen LogP) is 1.51. The van der Waals surface area contributed by atoms with Crippen LogP contribution in [0.2, 0.25) is 0 Å². The molecular weight excluding hydrogens is 248 g/mol. The lowest BCUT2D eigenvalue weighted by molar-refractivity contribution is -0.383. The molecule has 2 aromatic rings. The number of hydrogen-bond donors (Lipinski definition) is 3. The summed E-state index contributed by atoms with van der Waals surface area (Å²) in [5.74, 6) is 0. The Hall–Kier alpha value is -2.18. The Morgan fingerprint density at radius 1 is 1.21 bits per heavy atom. The molecule has 1 atom stereocenters. The summed E-state index contributed by atoms with van der Waals surface area (Å²) < 4.78 is 0. The lowest BCUT2D eigenvalue weighted by Crippen LogP contribution is -2.23. The van der Waals surface area contributed by atoms with E-state index in [1.807, 2.05) is 0 Å². The molecule has 19 heavy (non-hydrogen) atoms. The third-order valence-electron chi connectivity index (χ3n) is 2.84. The van der Waals surface area contributed by atoms with Crippen molar-refractivity contribution in [2.24, 2.45) is 0 Å². The summed E-state index contributed by atoms with van der Waals surface area (Å²) in [5.41, 5.74) is 0.734. The van der Waals surface area contributed by atoms with Crippen LogP contribution in [-0.4, -0.2) is 34.4 Å². The monoisotopic (exact) mass is 262 g/mol. The van der Waals surface area contributed by atoms with Crippen LogP contribution in [-0.2, 0) is 0 Å². The number of non-ortho nitro benzene ring substituents is 1. The van der Waals surface area contributed by atoms with Crippen LogP contribution in [0.25, 0.3) is 10.8 Å². The topological polar surface area (TPSA) is 95.6 Å². The minimum Gasteiger partial charge on any atom is -0.394 e. The third kappa shape index (κ3) is 2.81. The van der Waals surface area contributed by atoms with Gasteiger partial charge in [-0.1, -0.05) is 18.2 Å². The van der Waals surface area contributed by atoms with Gasteiger partial charge in [-0.15, -0.1) is 0 Å². The van der Waals surface area contributed by atoms with Crippen LogP contribution in [0.1, 0.15) is 0 Å². The van der Waals surface area contributed by atoms with Gasteiger partial charge >= 0.3 is 0 Å². The first kappa shape index (κ1) is 13.3. The number of nitro groups is 1. The van der Waals surface area contributed by atoms with Crippen molar-refractivity contribution in [3.8, 4) is 0 Å². The van der Waals surface area contributed by atoms with Crippen molar-refractivity contribution in [1.29, 1.82) is 0 Å². The molecule has 2 aromatic carbocycles. The van der Waals surface area contributed by atoms with Crippen molar-refractivity contribution < 1.29 is 15.1 Å². The van der Waals surface area contributed by atoms with Crippen molar-refractivity contribution in [1.82, 2.24) is 0 Å². The Morgan fingerprint density at radius 2 is 1.89 bits per heavy atom. The molecule has 0 radical (unpaired) electrons. The van der Waals surface area contributed by atoms with Crippen LogP contribution in [0.5, 0.6) is 0 Å². The van der Waals surface area contributed by atoms with Crippen LogP contribution in [0.15, 0.2) is 36.4 Å². The van der Waals surface area contributed by atoms with Gasteiger partial charge < -0.3 is 15.5 Å². The molecule has 6 nitrogen and oxygen atoms in total. The molecule has 0 aliphatic heterocycles. The van der Waals surface area contributed by atoms with Crippen LogP contribution in [0, 0.1) is 10.1 Å². The number of nitrogens with zero attached hydrogens (tertiary/aromatic N) is 1. The van der Waals surface area contributed by atoms with Gasteiger partial charge in [-0.05, 0) is 12.1 Å². The summed E-state index contributed by atoms with van der Waals surface area (Å²) in [6.07, 6.45) is -0.867. The molecule has 6 heteroatoms. The molecular formula is C13H14N2O4. The lowest BCUT2D eigenvalue weighted by atomic mass is 10.1. The number of benzene rings is 2. The van der Waals surface area contributed by atoms with Crippen LogP contribution in [0.4, 0.5) is 11.4 Å². The van der Waals surface area contributed by atoms with E-state index in [9.17, 15) is 15.2 Å². The van der Waals surface area contributed by atoms with E-state index in [1.165, 1.54) is 6.07 Å². The highest BCUT2D eigenvalue weighted by Gasteiger charge is 2.14. The second-order valence-corrected chi connectivity index (χ2v) is 4.15.